The summed E-state index contributed by atoms with van der Waals surface area (Å²) in [6.45, 7) is 0. The summed E-state index contributed by atoms with van der Waals surface area (Å²) in [4.78, 5) is 4.32. The van der Waals surface area contributed by atoms with Crippen LogP contribution in [0.1, 0.15) is 0 Å². The molecule has 0 unspecified atom stereocenters. The summed E-state index contributed by atoms with van der Waals surface area (Å²) in [6, 6.07) is 26.4. The van der Waals surface area contributed by atoms with E-state index in [1.165, 1.54) is 0 Å². The van der Waals surface area contributed by atoms with Crippen molar-refractivity contribution in [1.29, 1.82) is 0 Å². The zero-order chi connectivity index (χ0) is 12.2. The molecule has 0 saturated carbocycles. The van der Waals surface area contributed by atoms with Gasteiger partial charge in [0.15, 0.2) is 0 Å². The van der Waals surface area contributed by atoms with Gasteiger partial charge in [-0.2, -0.15) is 36.4 Å². The van der Waals surface area contributed by atoms with Crippen molar-refractivity contribution in [3.8, 4) is 22.4 Å². The molecule has 0 aliphatic rings. The quantitative estimate of drug-likeness (QED) is 0.570. The zero-order valence-electron chi connectivity index (χ0n) is 10.1. The third-order valence-electron chi connectivity index (χ3n) is 2.77. The minimum Gasteiger partial charge on any atom is -0.266 e. The van der Waals surface area contributed by atoms with Crippen molar-refractivity contribution >= 4 is 0 Å². The van der Waals surface area contributed by atoms with Crippen molar-refractivity contribution in [2.45, 2.75) is 0 Å². The molecule has 2 heteroatoms. The standard InChI is InChI=1S/C17H11N.Ir/c1-2-6-14(7-3-1)15-9-11-16(12-10-15)17-8-4-5-13-18-17;/h1-6,8-9,11-13H;/q-2;. The number of pyridine rings is 1. The Kier molecular flexibility index (Phi) is 4.62. The minimum atomic E-state index is 0. The maximum Gasteiger partial charge on any atom is 0.0288 e. The van der Waals surface area contributed by atoms with Crippen LogP contribution in [0, 0.1) is 12.1 Å². The Hall–Kier alpha value is -1.76. The summed E-state index contributed by atoms with van der Waals surface area (Å²) >= 11 is 0. The molecule has 0 aliphatic heterocycles. The molecule has 3 aromatic rings. The van der Waals surface area contributed by atoms with Gasteiger partial charge in [0.1, 0.15) is 0 Å². The summed E-state index contributed by atoms with van der Waals surface area (Å²) in [5, 5.41) is 0. The molecule has 0 spiro atoms. The Bertz CT molecular complexity index is 560. The number of hydrogen-bond donors (Lipinski definition) is 0. The molecule has 0 aliphatic carbocycles. The zero-order valence-corrected chi connectivity index (χ0v) is 12.5. The van der Waals surface area contributed by atoms with Crippen LogP contribution in [-0.4, -0.2) is 4.98 Å². The maximum atomic E-state index is 4.32. The van der Waals surface area contributed by atoms with Gasteiger partial charge in [-0.25, -0.2) is 11.1 Å². The number of nitrogens with zero attached hydrogens (tertiary/aromatic N) is 1. The Balaban J connectivity index is 0.00000133. The maximum absolute atomic E-state index is 4.32. The Morgan fingerprint density at radius 1 is 0.789 bits per heavy atom. The molecule has 0 bridgehead atoms. The molecule has 1 aromatic heterocycles. The van der Waals surface area contributed by atoms with Gasteiger partial charge in [0.2, 0.25) is 0 Å². The van der Waals surface area contributed by atoms with E-state index in [9.17, 15) is 0 Å². The normalized spacial score (nSPS) is 9.68. The Labute approximate surface area is 126 Å². The van der Waals surface area contributed by atoms with E-state index in [-0.39, 0.29) is 20.1 Å². The first-order valence-electron chi connectivity index (χ1n) is 5.84. The van der Waals surface area contributed by atoms with Gasteiger partial charge in [-0.05, 0) is 12.1 Å². The molecule has 1 heterocycles. The second-order valence-corrected chi connectivity index (χ2v) is 3.98. The van der Waals surface area contributed by atoms with Crippen LogP contribution in [0.2, 0.25) is 0 Å². The molecular formula is C17H11IrN-2. The second kappa shape index (κ2) is 6.42. The second-order valence-electron chi connectivity index (χ2n) is 3.98. The summed E-state index contributed by atoms with van der Waals surface area (Å²) in [5.74, 6) is 0. The van der Waals surface area contributed by atoms with E-state index < -0.39 is 0 Å². The third-order valence-corrected chi connectivity index (χ3v) is 2.77. The largest absolute Gasteiger partial charge is 0.266 e. The van der Waals surface area contributed by atoms with E-state index in [0.717, 1.165) is 22.4 Å². The van der Waals surface area contributed by atoms with Gasteiger partial charge in [0.25, 0.3) is 0 Å². The van der Waals surface area contributed by atoms with Crippen LogP contribution in [0.15, 0.2) is 66.9 Å². The van der Waals surface area contributed by atoms with Gasteiger partial charge < -0.3 is 0 Å². The minimum absolute atomic E-state index is 0. The third kappa shape index (κ3) is 3.17. The van der Waals surface area contributed by atoms with E-state index in [4.69, 9.17) is 0 Å². The fraction of sp³-hybridized carbons (Fsp3) is 0. The van der Waals surface area contributed by atoms with Gasteiger partial charge in [-0.15, -0.1) is 18.2 Å². The predicted octanol–water partition coefficient (Wildman–Crippen LogP) is 4.01. The number of rotatable bonds is 2. The summed E-state index contributed by atoms with van der Waals surface area (Å²) in [7, 11) is 0. The molecule has 0 N–H and O–H groups in total. The first kappa shape index (κ1) is 13.7. The monoisotopic (exact) mass is 422 g/mol. The van der Waals surface area contributed by atoms with Crippen LogP contribution in [0.3, 0.4) is 0 Å². The van der Waals surface area contributed by atoms with E-state index in [1.54, 1.807) is 6.20 Å². The van der Waals surface area contributed by atoms with E-state index in [1.807, 2.05) is 48.5 Å². The summed E-state index contributed by atoms with van der Waals surface area (Å²) in [5.41, 5.74) is 4.16. The molecule has 1 nitrogen and oxygen atoms in total. The number of hydrogen-bond acceptors (Lipinski definition) is 1. The summed E-state index contributed by atoms with van der Waals surface area (Å²) < 4.78 is 0. The van der Waals surface area contributed by atoms with Crippen molar-refractivity contribution in [3.05, 3.63) is 79.0 Å². The van der Waals surface area contributed by atoms with Crippen molar-refractivity contribution in [3.63, 3.8) is 0 Å². The molecule has 3 rings (SSSR count). The number of aromatic nitrogens is 1. The molecule has 0 saturated heterocycles. The fourth-order valence-electron chi connectivity index (χ4n) is 1.85. The molecular weight excluding hydrogens is 410 g/mol. The first-order chi connectivity index (χ1) is 8.93. The summed E-state index contributed by atoms with van der Waals surface area (Å²) in [6.07, 6.45) is 1.80. The van der Waals surface area contributed by atoms with Crippen LogP contribution in [-0.2, 0) is 20.1 Å². The van der Waals surface area contributed by atoms with Crippen molar-refractivity contribution in [2.75, 3.05) is 0 Å². The van der Waals surface area contributed by atoms with E-state index in [2.05, 4.69) is 29.2 Å². The van der Waals surface area contributed by atoms with Gasteiger partial charge in [0, 0.05) is 32.0 Å². The average molecular weight is 421 g/mol. The molecule has 95 valence electrons. The van der Waals surface area contributed by atoms with Gasteiger partial charge >= 0.3 is 0 Å². The van der Waals surface area contributed by atoms with Gasteiger partial charge in [-0.3, -0.25) is 4.98 Å². The molecule has 2 aromatic carbocycles. The SMILES string of the molecule is [Ir].[c-]1ccccc1-c1[c-]cc(-c2ccccn2)cc1. The Morgan fingerprint density at radius 2 is 1.63 bits per heavy atom. The van der Waals surface area contributed by atoms with Crippen LogP contribution in [0.4, 0.5) is 0 Å². The van der Waals surface area contributed by atoms with Crippen LogP contribution < -0.4 is 0 Å². The topological polar surface area (TPSA) is 12.9 Å². The molecule has 1 radical (unpaired) electrons. The predicted molar refractivity (Wildman–Crippen MR) is 72.8 cm³/mol. The molecule has 0 amide bonds. The van der Waals surface area contributed by atoms with Gasteiger partial charge in [-0.1, -0.05) is 11.6 Å². The van der Waals surface area contributed by atoms with Crippen molar-refractivity contribution in [2.24, 2.45) is 0 Å². The fourth-order valence-corrected chi connectivity index (χ4v) is 1.85. The van der Waals surface area contributed by atoms with Crippen LogP contribution in [0.5, 0.6) is 0 Å². The van der Waals surface area contributed by atoms with E-state index in [0.29, 0.717) is 0 Å². The van der Waals surface area contributed by atoms with Crippen LogP contribution >= 0.6 is 0 Å². The van der Waals surface area contributed by atoms with Crippen LogP contribution in [0.25, 0.3) is 22.4 Å². The van der Waals surface area contributed by atoms with Crippen molar-refractivity contribution < 1.29 is 20.1 Å². The van der Waals surface area contributed by atoms with E-state index >= 15 is 0 Å². The number of benzene rings is 2. The molecule has 0 atom stereocenters. The average Bonchev–Trinajstić information content (AvgIpc) is 2.49. The smallest absolute Gasteiger partial charge is 0.0288 e. The first-order valence-corrected chi connectivity index (χ1v) is 5.84. The van der Waals surface area contributed by atoms with Gasteiger partial charge in [0.05, 0.1) is 0 Å². The Morgan fingerprint density at radius 3 is 2.26 bits per heavy atom. The molecule has 19 heavy (non-hydrogen) atoms. The molecule has 0 fully saturated rings. The van der Waals surface area contributed by atoms with Crippen molar-refractivity contribution in [1.82, 2.24) is 4.98 Å².